The fraction of sp³-hybridized carbons (Fsp3) is 0.429. The lowest BCUT2D eigenvalue weighted by Gasteiger charge is -2.19. The van der Waals surface area contributed by atoms with Crippen LogP contribution < -0.4 is 5.32 Å². The molecule has 0 radical (unpaired) electrons. The molecule has 1 nitrogen and oxygen atoms in total. The van der Waals surface area contributed by atoms with Gasteiger partial charge >= 0.3 is 0 Å². The number of halogens is 3. The maximum absolute atomic E-state index is 13.7. The zero-order valence-corrected chi connectivity index (χ0v) is 10.5. The third kappa shape index (κ3) is 3.60. The van der Waals surface area contributed by atoms with Gasteiger partial charge in [0.1, 0.15) is 0 Å². The molecule has 0 saturated carbocycles. The second kappa shape index (κ2) is 7.21. The monoisotopic (exact) mass is 257 g/mol. The van der Waals surface area contributed by atoms with Crippen molar-refractivity contribution in [2.24, 2.45) is 0 Å². The van der Waals surface area contributed by atoms with E-state index in [1.54, 1.807) is 6.08 Å². The van der Waals surface area contributed by atoms with Crippen molar-refractivity contribution < 1.29 is 13.2 Å². The third-order valence-corrected chi connectivity index (χ3v) is 2.74. The summed E-state index contributed by atoms with van der Waals surface area (Å²) in [5.41, 5.74) is 0.171. The Hall–Kier alpha value is -1.29. The summed E-state index contributed by atoms with van der Waals surface area (Å²) in [6.45, 7) is 6.29. The van der Waals surface area contributed by atoms with Gasteiger partial charge in [0.2, 0.25) is 0 Å². The van der Waals surface area contributed by atoms with Crippen LogP contribution in [0.15, 0.2) is 24.8 Å². The summed E-state index contributed by atoms with van der Waals surface area (Å²) in [6.07, 6.45) is 3.89. The van der Waals surface area contributed by atoms with Crippen LogP contribution in [0.1, 0.15) is 37.8 Å². The first-order chi connectivity index (χ1) is 8.61. The Bertz CT molecular complexity index is 404. The van der Waals surface area contributed by atoms with Gasteiger partial charge in [-0.15, -0.1) is 6.58 Å². The molecule has 0 saturated heterocycles. The topological polar surface area (TPSA) is 12.0 Å². The first kappa shape index (κ1) is 14.8. The quantitative estimate of drug-likeness (QED) is 0.572. The molecule has 1 N–H and O–H groups in total. The van der Waals surface area contributed by atoms with E-state index in [9.17, 15) is 13.2 Å². The van der Waals surface area contributed by atoms with Crippen molar-refractivity contribution in [2.45, 2.75) is 32.2 Å². The molecule has 0 aliphatic carbocycles. The molecule has 18 heavy (non-hydrogen) atoms. The highest BCUT2D eigenvalue weighted by molar-refractivity contribution is 5.23. The largest absolute Gasteiger partial charge is 0.310 e. The minimum Gasteiger partial charge on any atom is -0.310 e. The minimum absolute atomic E-state index is 0.171. The van der Waals surface area contributed by atoms with Crippen LogP contribution in [-0.4, -0.2) is 6.54 Å². The molecule has 100 valence electrons. The number of hydrogen-bond donors (Lipinski definition) is 1. The van der Waals surface area contributed by atoms with Gasteiger partial charge in [0.05, 0.1) is 0 Å². The van der Waals surface area contributed by atoms with Gasteiger partial charge in [-0.25, -0.2) is 13.2 Å². The predicted molar refractivity (Wildman–Crippen MR) is 66.8 cm³/mol. The summed E-state index contributed by atoms with van der Waals surface area (Å²) >= 11 is 0. The van der Waals surface area contributed by atoms with Crippen LogP contribution in [-0.2, 0) is 0 Å². The van der Waals surface area contributed by atoms with Crippen molar-refractivity contribution in [1.29, 1.82) is 0 Å². The zero-order valence-electron chi connectivity index (χ0n) is 10.5. The molecule has 0 amide bonds. The molecule has 1 rings (SSSR count). The highest BCUT2D eigenvalue weighted by atomic mass is 19.2. The average Bonchev–Trinajstić information content (AvgIpc) is 2.37. The number of hydrogen-bond acceptors (Lipinski definition) is 1. The fourth-order valence-electron chi connectivity index (χ4n) is 1.78. The third-order valence-electron chi connectivity index (χ3n) is 2.74. The van der Waals surface area contributed by atoms with Crippen molar-refractivity contribution in [1.82, 2.24) is 5.32 Å². The first-order valence-corrected chi connectivity index (χ1v) is 6.09. The second-order valence-corrected chi connectivity index (χ2v) is 4.14. The molecule has 1 atom stereocenters. The van der Waals surface area contributed by atoms with Gasteiger partial charge in [0.25, 0.3) is 0 Å². The summed E-state index contributed by atoms with van der Waals surface area (Å²) < 4.78 is 39.8. The number of allylic oxidation sites excluding steroid dienone is 1. The fourth-order valence-corrected chi connectivity index (χ4v) is 1.78. The van der Waals surface area contributed by atoms with Gasteiger partial charge in [-0.05, 0) is 31.9 Å². The maximum Gasteiger partial charge on any atom is 0.194 e. The van der Waals surface area contributed by atoms with Gasteiger partial charge in [0, 0.05) is 11.6 Å². The smallest absolute Gasteiger partial charge is 0.194 e. The Morgan fingerprint density at radius 2 is 2.00 bits per heavy atom. The highest BCUT2D eigenvalue weighted by Crippen LogP contribution is 2.24. The molecular weight excluding hydrogens is 239 g/mol. The van der Waals surface area contributed by atoms with E-state index in [1.807, 2.05) is 6.92 Å². The SMILES string of the molecule is C=CCCC(NCCC)c1ccc(F)c(F)c1F. The van der Waals surface area contributed by atoms with E-state index >= 15 is 0 Å². The summed E-state index contributed by atoms with van der Waals surface area (Å²) in [5, 5.41) is 3.13. The lowest BCUT2D eigenvalue weighted by Crippen LogP contribution is -2.23. The van der Waals surface area contributed by atoms with Crippen molar-refractivity contribution in [3.63, 3.8) is 0 Å². The summed E-state index contributed by atoms with van der Waals surface area (Å²) in [5.74, 6) is -3.67. The number of benzene rings is 1. The molecule has 0 fully saturated rings. The van der Waals surface area contributed by atoms with E-state index in [0.717, 1.165) is 12.5 Å². The molecule has 0 aliphatic heterocycles. The van der Waals surface area contributed by atoms with Gasteiger partial charge in [-0.3, -0.25) is 0 Å². The van der Waals surface area contributed by atoms with Gasteiger partial charge in [-0.2, -0.15) is 0 Å². The van der Waals surface area contributed by atoms with Crippen LogP contribution in [0.4, 0.5) is 13.2 Å². The van der Waals surface area contributed by atoms with E-state index in [-0.39, 0.29) is 11.6 Å². The molecular formula is C14H18F3N. The maximum atomic E-state index is 13.7. The summed E-state index contributed by atoms with van der Waals surface area (Å²) in [4.78, 5) is 0. The Morgan fingerprint density at radius 3 is 2.61 bits per heavy atom. The Morgan fingerprint density at radius 1 is 1.28 bits per heavy atom. The molecule has 0 spiro atoms. The minimum atomic E-state index is -1.41. The van der Waals surface area contributed by atoms with Gasteiger partial charge < -0.3 is 5.32 Å². The van der Waals surface area contributed by atoms with Crippen LogP contribution in [0.25, 0.3) is 0 Å². The standard InChI is InChI=1S/C14H18F3N/c1-3-5-6-12(18-9-4-2)10-7-8-11(15)14(17)13(10)16/h3,7-8,12,18H,1,4-6,9H2,2H3. The normalized spacial score (nSPS) is 12.4. The average molecular weight is 257 g/mol. The number of nitrogens with one attached hydrogen (secondary N) is 1. The molecule has 1 aromatic rings. The Kier molecular flexibility index (Phi) is 5.92. The van der Waals surface area contributed by atoms with Crippen LogP contribution in [0.3, 0.4) is 0 Å². The van der Waals surface area contributed by atoms with Crippen molar-refractivity contribution in [3.05, 3.63) is 47.8 Å². The van der Waals surface area contributed by atoms with Crippen LogP contribution >= 0.6 is 0 Å². The van der Waals surface area contributed by atoms with E-state index in [1.165, 1.54) is 6.07 Å². The highest BCUT2D eigenvalue weighted by Gasteiger charge is 2.19. The Labute approximate surface area is 106 Å². The molecule has 0 heterocycles. The molecule has 0 bridgehead atoms. The lowest BCUT2D eigenvalue weighted by molar-refractivity contribution is 0.417. The zero-order chi connectivity index (χ0) is 13.5. The van der Waals surface area contributed by atoms with E-state index < -0.39 is 17.5 Å². The molecule has 1 aromatic carbocycles. The van der Waals surface area contributed by atoms with Crippen molar-refractivity contribution >= 4 is 0 Å². The predicted octanol–water partition coefficient (Wildman–Crippen LogP) is 4.11. The van der Waals surface area contributed by atoms with Crippen molar-refractivity contribution in [2.75, 3.05) is 6.54 Å². The van der Waals surface area contributed by atoms with Gasteiger partial charge in [0.15, 0.2) is 17.5 Å². The van der Waals surface area contributed by atoms with E-state index in [0.29, 0.717) is 19.4 Å². The van der Waals surface area contributed by atoms with Crippen LogP contribution in [0.5, 0.6) is 0 Å². The molecule has 1 unspecified atom stereocenters. The molecule has 4 heteroatoms. The second-order valence-electron chi connectivity index (χ2n) is 4.14. The van der Waals surface area contributed by atoms with Gasteiger partial charge in [-0.1, -0.05) is 19.1 Å². The Balaban J connectivity index is 2.96. The molecule has 0 aromatic heterocycles. The first-order valence-electron chi connectivity index (χ1n) is 6.09. The van der Waals surface area contributed by atoms with E-state index in [4.69, 9.17) is 0 Å². The van der Waals surface area contributed by atoms with Crippen LogP contribution in [0, 0.1) is 17.5 Å². The molecule has 0 aliphatic rings. The lowest BCUT2D eigenvalue weighted by atomic mass is 10.0. The number of rotatable bonds is 7. The summed E-state index contributed by atoms with van der Waals surface area (Å²) in [6, 6.07) is 1.94. The van der Waals surface area contributed by atoms with Crippen molar-refractivity contribution in [3.8, 4) is 0 Å². The van der Waals surface area contributed by atoms with Crippen LogP contribution in [0.2, 0.25) is 0 Å². The summed E-state index contributed by atoms with van der Waals surface area (Å²) in [7, 11) is 0. The van der Waals surface area contributed by atoms with E-state index in [2.05, 4.69) is 11.9 Å².